The molecule has 5 nitrogen and oxygen atoms in total. The Morgan fingerprint density at radius 3 is 2.62 bits per heavy atom. The third kappa shape index (κ3) is 3.96. The number of sulfonamides is 1. The zero-order chi connectivity index (χ0) is 15.3. The molecule has 0 radical (unpaired) electrons. The molecule has 2 rings (SSSR count). The average Bonchev–Trinajstić information content (AvgIpc) is 2.47. The van der Waals surface area contributed by atoms with Crippen molar-refractivity contribution in [1.82, 2.24) is 4.72 Å². The van der Waals surface area contributed by atoms with Gasteiger partial charge >= 0.3 is 0 Å². The van der Waals surface area contributed by atoms with Crippen molar-refractivity contribution >= 4 is 15.7 Å². The van der Waals surface area contributed by atoms with Crippen molar-refractivity contribution in [2.75, 3.05) is 19.4 Å². The fraction of sp³-hybridized carbons (Fsp3) is 0.200. The highest BCUT2D eigenvalue weighted by molar-refractivity contribution is 7.89. The van der Waals surface area contributed by atoms with E-state index in [1.165, 1.54) is 6.07 Å². The van der Waals surface area contributed by atoms with Crippen molar-refractivity contribution in [2.45, 2.75) is 11.3 Å². The summed E-state index contributed by atoms with van der Waals surface area (Å²) >= 11 is 0. The van der Waals surface area contributed by atoms with Crippen molar-refractivity contribution in [3.05, 3.63) is 54.1 Å². The van der Waals surface area contributed by atoms with Gasteiger partial charge in [0.15, 0.2) is 0 Å². The fourth-order valence-electron chi connectivity index (χ4n) is 1.96. The lowest BCUT2D eigenvalue weighted by Crippen LogP contribution is -2.26. The number of anilines is 1. The Morgan fingerprint density at radius 2 is 1.90 bits per heavy atom. The highest BCUT2D eigenvalue weighted by Crippen LogP contribution is 2.17. The Kier molecular flexibility index (Phi) is 4.82. The van der Waals surface area contributed by atoms with E-state index in [-0.39, 0.29) is 10.6 Å². The summed E-state index contributed by atoms with van der Waals surface area (Å²) in [6.07, 6.45) is 0.573. The lowest BCUT2D eigenvalue weighted by Gasteiger charge is -2.09. The molecule has 0 heterocycles. The van der Waals surface area contributed by atoms with Crippen LogP contribution in [0.15, 0.2) is 53.4 Å². The molecule has 0 aliphatic rings. The first-order valence-corrected chi connectivity index (χ1v) is 7.98. The summed E-state index contributed by atoms with van der Waals surface area (Å²) in [6, 6.07) is 13.9. The molecule has 0 saturated carbocycles. The number of methoxy groups -OCH3 is 1. The molecule has 6 heteroatoms. The van der Waals surface area contributed by atoms with E-state index in [1.54, 1.807) is 25.3 Å². The van der Waals surface area contributed by atoms with Crippen LogP contribution in [0.1, 0.15) is 5.56 Å². The van der Waals surface area contributed by atoms with Gasteiger partial charge in [0, 0.05) is 6.54 Å². The molecule has 2 aromatic rings. The molecule has 0 aliphatic heterocycles. The Morgan fingerprint density at radius 1 is 1.14 bits per heavy atom. The first-order chi connectivity index (χ1) is 10.0. The minimum Gasteiger partial charge on any atom is -0.497 e. The van der Waals surface area contributed by atoms with E-state index in [0.717, 1.165) is 11.3 Å². The van der Waals surface area contributed by atoms with Gasteiger partial charge in [-0.2, -0.15) is 0 Å². The molecule has 21 heavy (non-hydrogen) atoms. The average molecular weight is 306 g/mol. The van der Waals surface area contributed by atoms with Crippen LogP contribution in [0.5, 0.6) is 5.75 Å². The molecule has 0 atom stereocenters. The second-order valence-corrected chi connectivity index (χ2v) is 6.27. The number of nitrogen functional groups attached to an aromatic ring is 1. The Balaban J connectivity index is 2.01. The molecule has 0 spiro atoms. The fourth-order valence-corrected chi connectivity index (χ4v) is 3.12. The van der Waals surface area contributed by atoms with Gasteiger partial charge in [-0.15, -0.1) is 0 Å². The second-order valence-electron chi connectivity index (χ2n) is 4.54. The van der Waals surface area contributed by atoms with Crippen LogP contribution in [-0.4, -0.2) is 22.1 Å². The summed E-state index contributed by atoms with van der Waals surface area (Å²) in [5.74, 6) is 0.752. The van der Waals surface area contributed by atoms with Gasteiger partial charge in [0.2, 0.25) is 10.0 Å². The molecule has 0 unspecified atom stereocenters. The van der Waals surface area contributed by atoms with Crippen LogP contribution in [0.25, 0.3) is 0 Å². The molecule has 0 aromatic heterocycles. The van der Waals surface area contributed by atoms with Crippen LogP contribution in [0.2, 0.25) is 0 Å². The van der Waals surface area contributed by atoms with Gasteiger partial charge in [-0.25, -0.2) is 13.1 Å². The van der Waals surface area contributed by atoms with Gasteiger partial charge in [0.05, 0.1) is 12.8 Å². The maximum atomic E-state index is 12.2. The van der Waals surface area contributed by atoms with Gasteiger partial charge in [0.1, 0.15) is 10.6 Å². The van der Waals surface area contributed by atoms with E-state index in [1.807, 2.05) is 24.3 Å². The molecule has 2 aromatic carbocycles. The monoisotopic (exact) mass is 306 g/mol. The SMILES string of the molecule is COc1cccc(CCNS(=O)(=O)c2ccccc2N)c1. The van der Waals surface area contributed by atoms with Crippen molar-refractivity contribution in [3.63, 3.8) is 0 Å². The summed E-state index contributed by atoms with van der Waals surface area (Å²) in [7, 11) is -1.99. The number of nitrogens with one attached hydrogen (secondary N) is 1. The van der Waals surface area contributed by atoms with Crippen LogP contribution < -0.4 is 15.2 Å². The van der Waals surface area contributed by atoms with Gasteiger partial charge in [-0.3, -0.25) is 0 Å². The summed E-state index contributed by atoms with van der Waals surface area (Å²) < 4.78 is 32.0. The summed E-state index contributed by atoms with van der Waals surface area (Å²) in [4.78, 5) is 0.107. The van der Waals surface area contributed by atoms with Crippen LogP contribution >= 0.6 is 0 Å². The zero-order valence-corrected chi connectivity index (χ0v) is 12.6. The number of ether oxygens (including phenoxy) is 1. The predicted octanol–water partition coefficient (Wildman–Crippen LogP) is 1.80. The number of hydrogen-bond donors (Lipinski definition) is 2. The predicted molar refractivity (Wildman–Crippen MR) is 82.7 cm³/mol. The molecule has 0 saturated heterocycles. The van der Waals surface area contributed by atoms with Gasteiger partial charge < -0.3 is 10.5 Å². The zero-order valence-electron chi connectivity index (χ0n) is 11.7. The highest BCUT2D eigenvalue weighted by atomic mass is 32.2. The summed E-state index contributed by atoms with van der Waals surface area (Å²) in [5.41, 5.74) is 6.93. The van der Waals surface area contributed by atoms with E-state index < -0.39 is 10.0 Å². The number of para-hydroxylation sites is 1. The van der Waals surface area contributed by atoms with Crippen LogP contribution in [0, 0.1) is 0 Å². The molecule has 3 N–H and O–H groups in total. The third-order valence-electron chi connectivity index (χ3n) is 3.05. The number of benzene rings is 2. The second kappa shape index (κ2) is 6.60. The molecular formula is C15H18N2O3S. The smallest absolute Gasteiger partial charge is 0.242 e. The number of hydrogen-bond acceptors (Lipinski definition) is 4. The Bertz CT molecular complexity index is 714. The number of rotatable bonds is 6. The summed E-state index contributed by atoms with van der Waals surface area (Å²) in [5, 5.41) is 0. The normalized spacial score (nSPS) is 11.3. The lowest BCUT2D eigenvalue weighted by molar-refractivity contribution is 0.414. The van der Waals surface area contributed by atoms with E-state index in [4.69, 9.17) is 10.5 Å². The third-order valence-corrected chi connectivity index (χ3v) is 4.58. The highest BCUT2D eigenvalue weighted by Gasteiger charge is 2.15. The largest absolute Gasteiger partial charge is 0.497 e. The molecule has 0 bridgehead atoms. The van der Waals surface area contributed by atoms with Crippen LogP contribution in [-0.2, 0) is 16.4 Å². The van der Waals surface area contributed by atoms with E-state index in [2.05, 4.69) is 4.72 Å². The van der Waals surface area contributed by atoms with Crippen molar-refractivity contribution in [3.8, 4) is 5.75 Å². The Hall–Kier alpha value is -2.05. The molecular weight excluding hydrogens is 288 g/mol. The first-order valence-electron chi connectivity index (χ1n) is 6.50. The standard InChI is InChI=1S/C15H18N2O3S/c1-20-13-6-4-5-12(11-13)9-10-17-21(18,19)15-8-3-2-7-14(15)16/h2-8,11,17H,9-10,16H2,1H3. The van der Waals surface area contributed by atoms with Crippen molar-refractivity contribution in [1.29, 1.82) is 0 Å². The van der Waals surface area contributed by atoms with E-state index >= 15 is 0 Å². The minimum absolute atomic E-state index is 0.107. The van der Waals surface area contributed by atoms with Gasteiger partial charge in [-0.05, 0) is 36.2 Å². The lowest BCUT2D eigenvalue weighted by atomic mass is 10.1. The molecule has 0 aliphatic carbocycles. The number of nitrogens with two attached hydrogens (primary N) is 1. The molecule has 0 amide bonds. The maximum absolute atomic E-state index is 12.2. The Labute approximate surface area is 124 Å². The van der Waals surface area contributed by atoms with Crippen LogP contribution in [0.4, 0.5) is 5.69 Å². The minimum atomic E-state index is -3.58. The van der Waals surface area contributed by atoms with Crippen molar-refractivity contribution in [2.24, 2.45) is 0 Å². The van der Waals surface area contributed by atoms with Crippen molar-refractivity contribution < 1.29 is 13.2 Å². The maximum Gasteiger partial charge on any atom is 0.242 e. The van der Waals surface area contributed by atoms with Crippen LogP contribution in [0.3, 0.4) is 0 Å². The van der Waals surface area contributed by atoms with Gasteiger partial charge in [-0.1, -0.05) is 24.3 Å². The summed E-state index contributed by atoms with van der Waals surface area (Å²) in [6.45, 7) is 0.295. The molecule has 112 valence electrons. The molecule has 0 fully saturated rings. The van der Waals surface area contributed by atoms with Gasteiger partial charge in [0.25, 0.3) is 0 Å². The quantitative estimate of drug-likeness (QED) is 0.797. The topological polar surface area (TPSA) is 81.4 Å². The first kappa shape index (κ1) is 15.3. The van der Waals surface area contributed by atoms with E-state index in [9.17, 15) is 8.42 Å². The van der Waals surface area contributed by atoms with E-state index in [0.29, 0.717) is 13.0 Å².